The fraction of sp³-hybridized carbons (Fsp3) is 0.375. The molecule has 0 unspecified atom stereocenters. The molecule has 0 saturated heterocycles. The van der Waals surface area contributed by atoms with Crippen molar-refractivity contribution in [1.29, 1.82) is 0 Å². The second kappa shape index (κ2) is 5.30. The van der Waals surface area contributed by atoms with Crippen LogP contribution in [0.3, 0.4) is 0 Å². The first-order valence-electron chi connectivity index (χ1n) is 6.82. The van der Waals surface area contributed by atoms with Gasteiger partial charge in [-0.15, -0.1) is 0 Å². The van der Waals surface area contributed by atoms with Gasteiger partial charge in [-0.1, -0.05) is 37.5 Å². The van der Waals surface area contributed by atoms with Gasteiger partial charge in [-0.25, -0.2) is 4.98 Å². The molecule has 0 N–H and O–H groups in total. The van der Waals surface area contributed by atoms with Crippen molar-refractivity contribution >= 4 is 17.1 Å². The van der Waals surface area contributed by atoms with Gasteiger partial charge in [-0.2, -0.15) is 0 Å². The number of nitrogens with zero attached hydrogens (tertiary/aromatic N) is 2. The van der Waals surface area contributed by atoms with Crippen molar-refractivity contribution < 1.29 is 0 Å². The predicted octanol–water partition coefficient (Wildman–Crippen LogP) is 4.22. The summed E-state index contributed by atoms with van der Waals surface area (Å²) in [5, 5.41) is 0. The molecule has 0 atom stereocenters. The lowest BCUT2D eigenvalue weighted by Crippen LogP contribution is -2.02. The van der Waals surface area contributed by atoms with E-state index in [0.717, 1.165) is 22.6 Å². The van der Waals surface area contributed by atoms with Crippen LogP contribution in [0.5, 0.6) is 0 Å². The smallest absolute Gasteiger partial charge is 0.0894 e. The Labute approximate surface area is 108 Å². The zero-order valence-corrected chi connectivity index (χ0v) is 10.5. The van der Waals surface area contributed by atoms with Crippen LogP contribution in [0.2, 0.25) is 0 Å². The molecule has 1 heterocycles. The molecule has 18 heavy (non-hydrogen) atoms. The van der Waals surface area contributed by atoms with E-state index in [0.29, 0.717) is 0 Å². The van der Waals surface area contributed by atoms with Crippen LogP contribution in [0.25, 0.3) is 17.1 Å². The molecule has 1 aliphatic carbocycles. The summed E-state index contributed by atoms with van der Waals surface area (Å²) in [5.74, 6) is 0.743. The third-order valence-electron chi connectivity index (χ3n) is 3.66. The van der Waals surface area contributed by atoms with Gasteiger partial charge in [0.15, 0.2) is 0 Å². The van der Waals surface area contributed by atoms with Crippen molar-refractivity contribution in [2.45, 2.75) is 32.1 Å². The Bertz CT molecular complexity index is 554. The summed E-state index contributed by atoms with van der Waals surface area (Å²) >= 11 is 0. The topological polar surface area (TPSA) is 25.8 Å². The number of hydrogen-bond acceptors (Lipinski definition) is 2. The monoisotopic (exact) mass is 238 g/mol. The molecule has 1 aromatic heterocycles. The second-order valence-corrected chi connectivity index (χ2v) is 5.04. The van der Waals surface area contributed by atoms with Crippen LogP contribution in [0, 0.1) is 5.92 Å². The quantitative estimate of drug-likeness (QED) is 0.782. The van der Waals surface area contributed by atoms with Crippen molar-refractivity contribution in [3.05, 3.63) is 42.2 Å². The Morgan fingerprint density at radius 3 is 2.61 bits per heavy atom. The van der Waals surface area contributed by atoms with Crippen LogP contribution < -0.4 is 0 Å². The van der Waals surface area contributed by atoms with Crippen molar-refractivity contribution in [1.82, 2.24) is 9.97 Å². The van der Waals surface area contributed by atoms with Gasteiger partial charge in [-0.05, 0) is 37.0 Å². The van der Waals surface area contributed by atoms with Gasteiger partial charge in [0.1, 0.15) is 0 Å². The first kappa shape index (κ1) is 11.4. The Kier molecular flexibility index (Phi) is 3.35. The van der Waals surface area contributed by atoms with E-state index in [1.165, 1.54) is 32.1 Å². The first-order valence-corrected chi connectivity index (χ1v) is 6.82. The minimum absolute atomic E-state index is 0.743. The lowest BCUT2D eigenvalue weighted by Gasteiger charge is -2.17. The fourth-order valence-corrected chi connectivity index (χ4v) is 2.61. The van der Waals surface area contributed by atoms with E-state index in [1.807, 2.05) is 30.5 Å². The molecular weight excluding hydrogens is 220 g/mol. The molecule has 2 aromatic rings. The standard InChI is InChI=1S/C16H18N2/c1-2-6-13(7-3-1)10-11-14-12-17-15-8-4-5-9-16(15)18-14/h4-5,8-13H,1-3,6-7H2/b11-10+. The summed E-state index contributed by atoms with van der Waals surface area (Å²) in [6.45, 7) is 0. The number of para-hydroxylation sites is 2. The van der Waals surface area contributed by atoms with Gasteiger partial charge in [0.25, 0.3) is 0 Å². The van der Waals surface area contributed by atoms with Gasteiger partial charge in [0, 0.05) is 0 Å². The lowest BCUT2D eigenvalue weighted by molar-refractivity contribution is 0.420. The number of fused-ring (bicyclic) bond motifs is 1. The minimum Gasteiger partial charge on any atom is -0.252 e. The van der Waals surface area contributed by atoms with E-state index in [9.17, 15) is 0 Å². The summed E-state index contributed by atoms with van der Waals surface area (Å²) in [5.41, 5.74) is 2.91. The molecule has 0 amide bonds. The molecule has 0 bridgehead atoms. The van der Waals surface area contributed by atoms with Crippen LogP contribution in [0.1, 0.15) is 37.8 Å². The minimum atomic E-state index is 0.743. The van der Waals surface area contributed by atoms with Crippen LogP contribution >= 0.6 is 0 Å². The van der Waals surface area contributed by atoms with E-state index in [4.69, 9.17) is 0 Å². The van der Waals surface area contributed by atoms with Crippen molar-refractivity contribution in [2.75, 3.05) is 0 Å². The van der Waals surface area contributed by atoms with Gasteiger partial charge >= 0.3 is 0 Å². The summed E-state index contributed by atoms with van der Waals surface area (Å²) in [7, 11) is 0. The molecule has 2 heteroatoms. The molecule has 2 nitrogen and oxygen atoms in total. The molecule has 1 saturated carbocycles. The van der Waals surface area contributed by atoms with E-state index in [-0.39, 0.29) is 0 Å². The molecule has 92 valence electrons. The maximum atomic E-state index is 4.61. The Morgan fingerprint density at radius 2 is 1.78 bits per heavy atom. The molecule has 3 rings (SSSR count). The maximum Gasteiger partial charge on any atom is 0.0894 e. The number of hydrogen-bond donors (Lipinski definition) is 0. The highest BCUT2D eigenvalue weighted by molar-refractivity contribution is 5.74. The van der Waals surface area contributed by atoms with Gasteiger partial charge in [0.2, 0.25) is 0 Å². The largest absolute Gasteiger partial charge is 0.252 e. The van der Waals surface area contributed by atoms with E-state index in [1.54, 1.807) is 0 Å². The first-order chi connectivity index (χ1) is 8.92. The normalized spacial score (nSPS) is 17.6. The number of rotatable bonds is 2. The van der Waals surface area contributed by atoms with Crippen LogP contribution in [-0.4, -0.2) is 9.97 Å². The van der Waals surface area contributed by atoms with Crippen molar-refractivity contribution in [3.63, 3.8) is 0 Å². The fourth-order valence-electron chi connectivity index (χ4n) is 2.61. The third kappa shape index (κ3) is 2.58. The predicted molar refractivity (Wildman–Crippen MR) is 75.1 cm³/mol. The Balaban J connectivity index is 1.79. The van der Waals surface area contributed by atoms with Crippen molar-refractivity contribution in [2.24, 2.45) is 5.92 Å². The molecule has 0 aliphatic heterocycles. The maximum absolute atomic E-state index is 4.61. The molecule has 0 radical (unpaired) electrons. The molecule has 1 aliphatic rings. The SMILES string of the molecule is C(=C\C1CCCCC1)/c1cnc2ccccc2n1. The highest BCUT2D eigenvalue weighted by Gasteiger charge is 2.09. The summed E-state index contributed by atoms with van der Waals surface area (Å²) in [4.78, 5) is 9.04. The zero-order chi connectivity index (χ0) is 12.2. The molecule has 0 spiro atoms. The van der Waals surface area contributed by atoms with Gasteiger partial charge in [0.05, 0.1) is 22.9 Å². The molecule has 1 aromatic carbocycles. The van der Waals surface area contributed by atoms with E-state index < -0.39 is 0 Å². The highest BCUT2D eigenvalue weighted by Crippen LogP contribution is 2.25. The average Bonchev–Trinajstić information content (AvgIpc) is 2.46. The number of benzene rings is 1. The third-order valence-corrected chi connectivity index (χ3v) is 3.66. The van der Waals surface area contributed by atoms with Crippen molar-refractivity contribution in [3.8, 4) is 0 Å². The summed E-state index contributed by atoms with van der Waals surface area (Å²) in [6.07, 6.45) is 13.1. The van der Waals surface area contributed by atoms with E-state index >= 15 is 0 Å². The van der Waals surface area contributed by atoms with Crippen LogP contribution in [-0.2, 0) is 0 Å². The highest BCUT2D eigenvalue weighted by atomic mass is 14.8. The average molecular weight is 238 g/mol. The van der Waals surface area contributed by atoms with Crippen LogP contribution in [0.4, 0.5) is 0 Å². The Hall–Kier alpha value is -1.70. The lowest BCUT2D eigenvalue weighted by atomic mass is 9.89. The second-order valence-electron chi connectivity index (χ2n) is 5.04. The van der Waals surface area contributed by atoms with Gasteiger partial charge in [-0.3, -0.25) is 4.98 Å². The summed E-state index contributed by atoms with van der Waals surface area (Å²) in [6, 6.07) is 8.01. The molecular formula is C16H18N2. The Morgan fingerprint density at radius 1 is 1.00 bits per heavy atom. The van der Waals surface area contributed by atoms with Crippen LogP contribution in [0.15, 0.2) is 36.5 Å². The zero-order valence-electron chi connectivity index (χ0n) is 10.5. The summed E-state index contributed by atoms with van der Waals surface area (Å²) < 4.78 is 0. The molecule has 1 fully saturated rings. The number of allylic oxidation sites excluding steroid dienone is 1. The number of aromatic nitrogens is 2. The van der Waals surface area contributed by atoms with Gasteiger partial charge < -0.3 is 0 Å². The van der Waals surface area contributed by atoms with E-state index in [2.05, 4.69) is 22.1 Å².